The van der Waals surface area contributed by atoms with Crippen molar-refractivity contribution in [2.45, 2.75) is 38.7 Å². The molecule has 2 heterocycles. The van der Waals surface area contributed by atoms with E-state index in [4.69, 9.17) is 9.47 Å². The van der Waals surface area contributed by atoms with Crippen LogP contribution in [0.15, 0.2) is 95.5 Å². The van der Waals surface area contributed by atoms with Crippen LogP contribution in [-0.2, 0) is 16.2 Å². The van der Waals surface area contributed by atoms with E-state index < -0.39 is 5.92 Å². The highest BCUT2D eigenvalue weighted by Crippen LogP contribution is 2.44. The fourth-order valence-electron chi connectivity index (χ4n) is 4.96. The van der Waals surface area contributed by atoms with Crippen molar-refractivity contribution in [3.05, 3.63) is 107 Å². The van der Waals surface area contributed by atoms with Gasteiger partial charge in [-0.25, -0.2) is 4.98 Å². The van der Waals surface area contributed by atoms with Gasteiger partial charge >= 0.3 is 0 Å². The first-order valence-electron chi connectivity index (χ1n) is 12.4. The molecular formula is C30H29N3O4. The number of hydrogen-bond donors (Lipinski definition) is 2. The maximum absolute atomic E-state index is 13.6. The Morgan fingerprint density at radius 1 is 1.05 bits per heavy atom. The number of aromatic nitrogens is 1. The molecule has 0 saturated carbocycles. The summed E-state index contributed by atoms with van der Waals surface area (Å²) in [7, 11) is 1.59. The van der Waals surface area contributed by atoms with Crippen LogP contribution in [0, 0.1) is 0 Å². The minimum Gasteiger partial charge on any atom is -0.493 e. The maximum Gasteiger partial charge on any atom is 0.255 e. The third kappa shape index (κ3) is 5.11. The number of carbonyl (C=O) groups is 2. The third-order valence-electron chi connectivity index (χ3n) is 6.69. The summed E-state index contributed by atoms with van der Waals surface area (Å²) in [5.41, 5.74) is 4.54. The molecule has 0 unspecified atom stereocenters. The Labute approximate surface area is 216 Å². The van der Waals surface area contributed by atoms with E-state index in [1.54, 1.807) is 25.4 Å². The molecule has 2 aliphatic rings. The van der Waals surface area contributed by atoms with Crippen LogP contribution >= 0.6 is 0 Å². The summed E-state index contributed by atoms with van der Waals surface area (Å²) in [5.74, 6) is 0.784. The van der Waals surface area contributed by atoms with E-state index in [0.717, 1.165) is 35.4 Å². The molecule has 2 aromatic carbocycles. The van der Waals surface area contributed by atoms with Crippen molar-refractivity contribution in [2.75, 3.05) is 12.4 Å². The Kier molecular flexibility index (Phi) is 7.03. The normalized spacial score (nSPS) is 17.1. The first-order chi connectivity index (χ1) is 18.0. The number of ether oxygens (including phenoxy) is 2. The van der Waals surface area contributed by atoms with Gasteiger partial charge in [0.1, 0.15) is 12.4 Å². The van der Waals surface area contributed by atoms with E-state index in [-0.39, 0.29) is 11.7 Å². The lowest BCUT2D eigenvalue weighted by Crippen LogP contribution is -2.35. The highest BCUT2D eigenvalue weighted by molar-refractivity contribution is 6.09. The van der Waals surface area contributed by atoms with Gasteiger partial charge in [0, 0.05) is 41.1 Å². The smallest absolute Gasteiger partial charge is 0.255 e. The minimum absolute atomic E-state index is 0.0527. The Morgan fingerprint density at radius 3 is 2.62 bits per heavy atom. The number of carbonyl (C=O) groups excluding carboxylic acids is 2. The van der Waals surface area contributed by atoms with Gasteiger partial charge in [-0.1, -0.05) is 42.5 Å². The molecule has 0 fully saturated rings. The van der Waals surface area contributed by atoms with Crippen molar-refractivity contribution < 1.29 is 19.1 Å². The number of pyridine rings is 1. The molecule has 1 aliphatic heterocycles. The standard InChI is InChI=1S/C30H29N3O4/c1-19-27(30(35)33-26-13-6-7-16-31-26)28(29-22(32-19)11-8-12-23(29)34)21-14-15-24(36-2)25(17-21)37-18-20-9-4-3-5-10-20/h3-7,9-10,13-17,28,32H,8,11-12,18H2,1-2H3,(H,31,33,35)/t28-/m0/s1. The number of nitrogens with one attached hydrogen (secondary N) is 2. The van der Waals surface area contributed by atoms with Gasteiger partial charge in [0.2, 0.25) is 0 Å². The number of hydrogen-bond acceptors (Lipinski definition) is 6. The van der Waals surface area contributed by atoms with Gasteiger partial charge in [0.05, 0.1) is 7.11 Å². The second kappa shape index (κ2) is 10.7. The number of Topliss-reactive ketones (excluding diaryl/α,β-unsaturated/α-hetero) is 1. The zero-order chi connectivity index (χ0) is 25.8. The van der Waals surface area contributed by atoms with Gasteiger partial charge in [0.15, 0.2) is 17.3 Å². The number of ketones is 1. The summed E-state index contributed by atoms with van der Waals surface area (Å²) in [5, 5.41) is 6.25. The van der Waals surface area contributed by atoms with E-state index in [2.05, 4.69) is 15.6 Å². The average Bonchev–Trinajstić information content (AvgIpc) is 2.92. The van der Waals surface area contributed by atoms with Crippen LogP contribution in [-0.4, -0.2) is 23.8 Å². The van der Waals surface area contributed by atoms with Gasteiger partial charge in [-0.3, -0.25) is 9.59 Å². The summed E-state index contributed by atoms with van der Waals surface area (Å²) in [4.78, 5) is 31.1. The molecule has 0 spiro atoms. The molecule has 2 N–H and O–H groups in total. The fourth-order valence-corrected chi connectivity index (χ4v) is 4.96. The summed E-state index contributed by atoms with van der Waals surface area (Å²) in [6.45, 7) is 2.24. The van der Waals surface area contributed by atoms with Crippen molar-refractivity contribution in [3.63, 3.8) is 0 Å². The largest absolute Gasteiger partial charge is 0.493 e. The van der Waals surface area contributed by atoms with E-state index in [0.29, 0.717) is 41.5 Å². The number of allylic oxidation sites excluding steroid dienone is 3. The van der Waals surface area contributed by atoms with Crippen molar-refractivity contribution in [1.82, 2.24) is 10.3 Å². The summed E-state index contributed by atoms with van der Waals surface area (Å²) < 4.78 is 11.7. The Morgan fingerprint density at radius 2 is 1.86 bits per heavy atom. The lowest BCUT2D eigenvalue weighted by Gasteiger charge is -2.34. The monoisotopic (exact) mass is 495 g/mol. The molecule has 7 nitrogen and oxygen atoms in total. The number of rotatable bonds is 7. The van der Waals surface area contributed by atoms with Crippen LogP contribution in [0.4, 0.5) is 5.82 Å². The van der Waals surface area contributed by atoms with Crippen molar-refractivity contribution in [2.24, 2.45) is 0 Å². The van der Waals surface area contributed by atoms with Crippen LogP contribution < -0.4 is 20.1 Å². The van der Waals surface area contributed by atoms with Crippen LogP contribution in [0.2, 0.25) is 0 Å². The highest BCUT2D eigenvalue weighted by atomic mass is 16.5. The molecule has 0 saturated heterocycles. The molecule has 1 aromatic heterocycles. The summed E-state index contributed by atoms with van der Waals surface area (Å²) >= 11 is 0. The summed E-state index contributed by atoms with van der Waals surface area (Å²) in [6, 6.07) is 20.8. The molecule has 0 radical (unpaired) electrons. The topological polar surface area (TPSA) is 89.5 Å². The van der Waals surface area contributed by atoms with Crippen LogP contribution in [0.1, 0.15) is 43.2 Å². The van der Waals surface area contributed by atoms with Gasteiger partial charge in [-0.2, -0.15) is 0 Å². The molecule has 5 rings (SSSR count). The number of nitrogens with zero attached hydrogens (tertiary/aromatic N) is 1. The Balaban J connectivity index is 1.55. The number of benzene rings is 2. The number of anilines is 1. The van der Waals surface area contributed by atoms with Crippen molar-refractivity contribution in [3.8, 4) is 11.5 Å². The first kappa shape index (κ1) is 24.3. The molecule has 37 heavy (non-hydrogen) atoms. The zero-order valence-corrected chi connectivity index (χ0v) is 20.9. The average molecular weight is 496 g/mol. The SMILES string of the molecule is COc1ccc([C@H]2C(C(=O)Nc3ccccn3)=C(C)NC3=C2C(=O)CCC3)cc1OCc1ccccc1. The molecule has 1 aliphatic carbocycles. The Hall–Kier alpha value is -4.39. The van der Waals surface area contributed by atoms with Gasteiger partial charge in [-0.05, 0) is 55.2 Å². The second-order valence-corrected chi connectivity index (χ2v) is 9.12. The molecular weight excluding hydrogens is 466 g/mol. The predicted molar refractivity (Wildman–Crippen MR) is 141 cm³/mol. The molecule has 1 atom stereocenters. The predicted octanol–water partition coefficient (Wildman–Crippen LogP) is 5.28. The molecule has 3 aromatic rings. The molecule has 188 valence electrons. The van der Waals surface area contributed by atoms with E-state index in [1.807, 2.05) is 61.5 Å². The number of amides is 1. The summed E-state index contributed by atoms with van der Waals surface area (Å²) in [6.07, 6.45) is 3.63. The molecule has 7 heteroatoms. The fraction of sp³-hybridized carbons (Fsp3) is 0.233. The van der Waals surface area contributed by atoms with Crippen molar-refractivity contribution >= 4 is 17.5 Å². The number of methoxy groups -OCH3 is 1. The lowest BCUT2D eigenvalue weighted by atomic mass is 9.75. The van der Waals surface area contributed by atoms with E-state index in [9.17, 15) is 9.59 Å². The highest BCUT2D eigenvalue weighted by Gasteiger charge is 2.38. The minimum atomic E-state index is -0.544. The van der Waals surface area contributed by atoms with Crippen LogP contribution in [0.3, 0.4) is 0 Å². The lowest BCUT2D eigenvalue weighted by molar-refractivity contribution is -0.116. The third-order valence-corrected chi connectivity index (χ3v) is 6.69. The van der Waals surface area contributed by atoms with Crippen molar-refractivity contribution in [1.29, 1.82) is 0 Å². The molecule has 0 bridgehead atoms. The molecule has 1 amide bonds. The van der Waals surface area contributed by atoms with Gasteiger partial charge in [0.25, 0.3) is 5.91 Å². The number of dihydropyridines is 1. The van der Waals surface area contributed by atoms with E-state index >= 15 is 0 Å². The maximum atomic E-state index is 13.6. The van der Waals surface area contributed by atoms with Gasteiger partial charge < -0.3 is 20.1 Å². The van der Waals surface area contributed by atoms with Crippen LogP contribution in [0.5, 0.6) is 11.5 Å². The Bertz CT molecular complexity index is 1380. The zero-order valence-electron chi connectivity index (χ0n) is 20.9. The second-order valence-electron chi connectivity index (χ2n) is 9.12. The van der Waals surface area contributed by atoms with E-state index in [1.165, 1.54) is 0 Å². The quantitative estimate of drug-likeness (QED) is 0.464. The first-order valence-corrected chi connectivity index (χ1v) is 12.4. The van der Waals surface area contributed by atoms with Crippen LogP contribution in [0.25, 0.3) is 0 Å². The van der Waals surface area contributed by atoms with Gasteiger partial charge in [-0.15, -0.1) is 0 Å².